The van der Waals surface area contributed by atoms with Crippen LogP contribution in [0.2, 0.25) is 0 Å². The lowest BCUT2D eigenvalue weighted by Crippen LogP contribution is -2.55. The van der Waals surface area contributed by atoms with E-state index < -0.39 is 5.60 Å². The summed E-state index contributed by atoms with van der Waals surface area (Å²) in [6.45, 7) is 5.97. The number of rotatable bonds is 1. The van der Waals surface area contributed by atoms with Crippen LogP contribution >= 0.6 is 0 Å². The first-order valence-corrected chi connectivity index (χ1v) is 10.1. The SMILES string of the molecule is CC(=O)O[C@@]1(C#N)CC[C@H]2[C@@H]3CCC4=CC(=O)CC[C@]4(C)[C@@H]3CC[C@@]21C. The fourth-order valence-electron chi connectivity index (χ4n) is 7.18. The van der Waals surface area contributed by atoms with Gasteiger partial charge in [0.25, 0.3) is 0 Å². The Hall–Kier alpha value is -1.63. The number of hydrogen-bond donors (Lipinski definition) is 0. The molecule has 4 rings (SSSR count). The minimum Gasteiger partial charge on any atom is -0.443 e. The highest BCUT2D eigenvalue weighted by Gasteiger charge is 2.66. The molecule has 4 nitrogen and oxygen atoms in total. The second kappa shape index (κ2) is 5.68. The summed E-state index contributed by atoms with van der Waals surface area (Å²) in [6.07, 6.45) is 9.28. The molecule has 0 radical (unpaired) electrons. The van der Waals surface area contributed by atoms with Crippen LogP contribution in [0.3, 0.4) is 0 Å². The van der Waals surface area contributed by atoms with Gasteiger partial charge in [-0.1, -0.05) is 19.4 Å². The van der Waals surface area contributed by atoms with Gasteiger partial charge in [0.05, 0.1) is 0 Å². The van der Waals surface area contributed by atoms with Crippen molar-refractivity contribution in [2.75, 3.05) is 0 Å². The molecule has 0 heterocycles. The summed E-state index contributed by atoms with van der Waals surface area (Å²) >= 11 is 0. The second-order valence-corrected chi connectivity index (χ2v) is 9.50. The summed E-state index contributed by atoms with van der Waals surface area (Å²) in [7, 11) is 0. The molecule has 0 bridgehead atoms. The van der Waals surface area contributed by atoms with Crippen LogP contribution in [0.15, 0.2) is 11.6 Å². The standard InChI is InChI=1S/C22H29NO3/c1-14(24)26-22(13-23)11-8-19-17-5-4-15-12-16(25)6-9-20(15,2)18(17)7-10-21(19,22)3/h12,17-19H,4-11H2,1-3H3/t17-,18-,19+,20+,21+,22-/m1/s1. The summed E-state index contributed by atoms with van der Waals surface area (Å²) < 4.78 is 5.69. The van der Waals surface area contributed by atoms with E-state index >= 15 is 0 Å². The second-order valence-electron chi connectivity index (χ2n) is 9.50. The van der Waals surface area contributed by atoms with E-state index in [0.29, 0.717) is 30.6 Å². The smallest absolute Gasteiger partial charge is 0.304 e. The van der Waals surface area contributed by atoms with Crippen molar-refractivity contribution >= 4 is 11.8 Å². The third kappa shape index (κ3) is 2.19. The molecule has 4 aliphatic rings. The van der Waals surface area contributed by atoms with Crippen molar-refractivity contribution in [1.82, 2.24) is 0 Å². The number of nitrogens with zero attached hydrogens (tertiary/aromatic N) is 1. The molecule has 0 spiro atoms. The Labute approximate surface area is 156 Å². The lowest BCUT2D eigenvalue weighted by molar-refractivity contribution is -0.169. The molecule has 0 saturated heterocycles. The van der Waals surface area contributed by atoms with Crippen molar-refractivity contribution in [3.05, 3.63) is 11.6 Å². The summed E-state index contributed by atoms with van der Waals surface area (Å²) in [5.74, 6) is 1.52. The minimum atomic E-state index is -0.964. The predicted molar refractivity (Wildman–Crippen MR) is 96.8 cm³/mol. The lowest BCUT2D eigenvalue weighted by atomic mass is 9.46. The summed E-state index contributed by atoms with van der Waals surface area (Å²) in [6, 6.07) is 2.42. The van der Waals surface area contributed by atoms with Crippen molar-refractivity contribution in [1.29, 1.82) is 5.26 Å². The zero-order valence-corrected chi connectivity index (χ0v) is 16.1. The molecule has 6 atom stereocenters. The van der Waals surface area contributed by atoms with Crippen LogP contribution in [-0.2, 0) is 14.3 Å². The van der Waals surface area contributed by atoms with Gasteiger partial charge in [0.15, 0.2) is 5.78 Å². The summed E-state index contributed by atoms with van der Waals surface area (Å²) in [5.41, 5.74) is 0.283. The maximum atomic E-state index is 11.9. The highest BCUT2D eigenvalue weighted by Crippen LogP contribution is 2.68. The Morgan fingerprint density at radius 1 is 1.15 bits per heavy atom. The molecular formula is C22H29NO3. The van der Waals surface area contributed by atoms with Gasteiger partial charge in [-0.15, -0.1) is 0 Å². The van der Waals surface area contributed by atoms with Gasteiger partial charge in [0.2, 0.25) is 5.60 Å². The quantitative estimate of drug-likeness (QED) is 0.656. The maximum absolute atomic E-state index is 11.9. The molecule has 4 aliphatic carbocycles. The van der Waals surface area contributed by atoms with E-state index in [9.17, 15) is 14.9 Å². The first kappa shape index (κ1) is 17.8. The summed E-state index contributed by atoms with van der Waals surface area (Å²) in [4.78, 5) is 23.6. The van der Waals surface area contributed by atoms with E-state index in [1.807, 2.05) is 6.08 Å². The van der Waals surface area contributed by atoms with Crippen LogP contribution in [0.25, 0.3) is 0 Å². The maximum Gasteiger partial charge on any atom is 0.304 e. The Bertz CT molecular complexity index is 734. The van der Waals surface area contributed by atoms with E-state index in [-0.39, 0.29) is 22.6 Å². The molecule has 140 valence electrons. The molecular weight excluding hydrogens is 326 g/mol. The topological polar surface area (TPSA) is 67.2 Å². The molecule has 26 heavy (non-hydrogen) atoms. The molecule has 0 aromatic heterocycles. The molecule has 3 fully saturated rings. The minimum absolute atomic E-state index is 0.136. The van der Waals surface area contributed by atoms with E-state index in [2.05, 4.69) is 19.9 Å². The number of carbonyl (C=O) groups excluding carboxylic acids is 2. The van der Waals surface area contributed by atoms with Gasteiger partial charge in [0.1, 0.15) is 6.07 Å². The molecule has 4 heteroatoms. The van der Waals surface area contributed by atoms with Crippen LogP contribution in [-0.4, -0.2) is 17.4 Å². The molecule has 0 amide bonds. The van der Waals surface area contributed by atoms with Crippen LogP contribution in [0.4, 0.5) is 0 Å². The van der Waals surface area contributed by atoms with E-state index in [0.717, 1.165) is 38.5 Å². The van der Waals surface area contributed by atoms with Crippen molar-refractivity contribution in [2.45, 2.75) is 77.7 Å². The first-order chi connectivity index (χ1) is 12.3. The van der Waals surface area contributed by atoms with Crippen molar-refractivity contribution < 1.29 is 14.3 Å². The zero-order valence-electron chi connectivity index (χ0n) is 16.1. The van der Waals surface area contributed by atoms with Gasteiger partial charge in [0, 0.05) is 25.2 Å². The third-order valence-corrected chi connectivity index (χ3v) is 8.58. The van der Waals surface area contributed by atoms with E-state index in [1.54, 1.807) is 0 Å². The van der Waals surface area contributed by atoms with Crippen LogP contribution in [0.5, 0.6) is 0 Å². The number of nitriles is 1. The number of fused-ring (bicyclic) bond motifs is 5. The fourth-order valence-corrected chi connectivity index (χ4v) is 7.18. The largest absolute Gasteiger partial charge is 0.443 e. The highest BCUT2D eigenvalue weighted by molar-refractivity contribution is 5.91. The normalized spacial score (nSPS) is 47.1. The first-order valence-electron chi connectivity index (χ1n) is 10.1. The predicted octanol–water partition coefficient (Wildman–Crippen LogP) is 4.34. The number of allylic oxidation sites excluding steroid dienone is 1. The van der Waals surface area contributed by atoms with Crippen LogP contribution < -0.4 is 0 Å². The Morgan fingerprint density at radius 2 is 1.88 bits per heavy atom. The molecule has 3 saturated carbocycles. The number of carbonyl (C=O) groups is 2. The number of ketones is 1. The highest BCUT2D eigenvalue weighted by atomic mass is 16.6. The Kier molecular flexibility index (Phi) is 3.88. The molecule has 0 aromatic rings. The number of ether oxygens (including phenoxy) is 1. The number of hydrogen-bond acceptors (Lipinski definition) is 4. The Balaban J connectivity index is 1.69. The third-order valence-electron chi connectivity index (χ3n) is 8.58. The van der Waals surface area contributed by atoms with Crippen molar-refractivity contribution in [2.24, 2.45) is 28.6 Å². The van der Waals surface area contributed by atoms with E-state index in [1.165, 1.54) is 12.5 Å². The van der Waals surface area contributed by atoms with Crippen molar-refractivity contribution in [3.63, 3.8) is 0 Å². The molecule has 0 N–H and O–H groups in total. The average Bonchev–Trinajstić information content (AvgIpc) is 2.88. The lowest BCUT2D eigenvalue weighted by Gasteiger charge is -2.58. The van der Waals surface area contributed by atoms with Gasteiger partial charge in [-0.05, 0) is 67.8 Å². The van der Waals surface area contributed by atoms with E-state index in [4.69, 9.17) is 4.74 Å². The zero-order chi connectivity index (χ0) is 18.7. The van der Waals surface area contributed by atoms with Gasteiger partial charge in [-0.25, -0.2) is 0 Å². The van der Waals surface area contributed by atoms with Crippen molar-refractivity contribution in [3.8, 4) is 6.07 Å². The average molecular weight is 355 g/mol. The molecule has 0 aliphatic heterocycles. The van der Waals surface area contributed by atoms with Gasteiger partial charge in [-0.2, -0.15) is 5.26 Å². The van der Waals surface area contributed by atoms with Crippen LogP contribution in [0.1, 0.15) is 72.1 Å². The fraction of sp³-hybridized carbons (Fsp3) is 0.773. The van der Waals surface area contributed by atoms with Gasteiger partial charge < -0.3 is 4.74 Å². The van der Waals surface area contributed by atoms with Gasteiger partial charge >= 0.3 is 5.97 Å². The Morgan fingerprint density at radius 3 is 2.58 bits per heavy atom. The summed E-state index contributed by atoms with van der Waals surface area (Å²) in [5, 5.41) is 9.96. The monoisotopic (exact) mass is 355 g/mol. The molecule has 0 aromatic carbocycles. The van der Waals surface area contributed by atoms with Gasteiger partial charge in [-0.3, -0.25) is 9.59 Å². The van der Waals surface area contributed by atoms with Crippen LogP contribution in [0, 0.1) is 39.9 Å². The molecule has 0 unspecified atom stereocenters. The number of esters is 1.